The van der Waals surface area contributed by atoms with E-state index >= 15 is 0 Å². The Kier molecular flexibility index (Phi) is 3.76. The molecule has 0 spiro atoms. The van der Waals surface area contributed by atoms with E-state index in [9.17, 15) is 13.6 Å². The fraction of sp³-hybridized carbons (Fsp3) is 0.0769. The van der Waals surface area contributed by atoms with Crippen LogP contribution >= 0.6 is 11.6 Å². The molecule has 3 nitrogen and oxygen atoms in total. The van der Waals surface area contributed by atoms with E-state index in [0.717, 1.165) is 6.07 Å². The number of anilines is 1. The van der Waals surface area contributed by atoms with Crippen molar-refractivity contribution in [1.29, 1.82) is 0 Å². The number of halogens is 3. The average molecular weight is 283 g/mol. The number of rotatable bonds is 2. The molecule has 0 saturated heterocycles. The normalized spacial score (nSPS) is 10.3. The fourth-order valence-corrected chi connectivity index (χ4v) is 1.67. The van der Waals surface area contributed by atoms with Gasteiger partial charge in [-0.3, -0.25) is 9.78 Å². The summed E-state index contributed by atoms with van der Waals surface area (Å²) in [7, 11) is 0. The lowest BCUT2D eigenvalue weighted by Gasteiger charge is -2.09. The van der Waals surface area contributed by atoms with Crippen molar-refractivity contribution in [3.05, 3.63) is 58.4 Å². The molecular formula is C13H9ClF2N2O. The van der Waals surface area contributed by atoms with Crippen LogP contribution in [0.5, 0.6) is 0 Å². The molecule has 19 heavy (non-hydrogen) atoms. The summed E-state index contributed by atoms with van der Waals surface area (Å²) in [6, 6.07) is 3.76. The highest BCUT2D eigenvalue weighted by Crippen LogP contribution is 2.22. The molecule has 1 aromatic heterocycles. The van der Waals surface area contributed by atoms with E-state index < -0.39 is 23.1 Å². The number of aryl methyl sites for hydroxylation is 1. The molecule has 0 atom stereocenters. The van der Waals surface area contributed by atoms with Gasteiger partial charge in [0.25, 0.3) is 5.91 Å². The third-order valence-electron chi connectivity index (χ3n) is 2.53. The SMILES string of the molecule is Cc1ccc(F)c(C(=O)Nc2cnccc2Cl)c1F. The van der Waals surface area contributed by atoms with Crippen molar-refractivity contribution in [2.45, 2.75) is 6.92 Å². The third kappa shape index (κ3) is 2.71. The Labute approximate surface area is 113 Å². The highest BCUT2D eigenvalue weighted by Gasteiger charge is 2.19. The number of aromatic nitrogens is 1. The van der Waals surface area contributed by atoms with E-state index in [0.29, 0.717) is 0 Å². The molecule has 2 rings (SSSR count). The van der Waals surface area contributed by atoms with Crippen LogP contribution < -0.4 is 5.32 Å². The van der Waals surface area contributed by atoms with Crippen LogP contribution in [0.15, 0.2) is 30.6 Å². The molecule has 1 N–H and O–H groups in total. The van der Waals surface area contributed by atoms with E-state index in [-0.39, 0.29) is 16.3 Å². The number of nitrogens with zero attached hydrogens (tertiary/aromatic N) is 1. The van der Waals surface area contributed by atoms with Gasteiger partial charge < -0.3 is 5.32 Å². The van der Waals surface area contributed by atoms with Crippen molar-refractivity contribution in [1.82, 2.24) is 4.98 Å². The van der Waals surface area contributed by atoms with Gasteiger partial charge in [0.15, 0.2) is 0 Å². The molecule has 6 heteroatoms. The summed E-state index contributed by atoms with van der Waals surface area (Å²) >= 11 is 5.82. The van der Waals surface area contributed by atoms with E-state index in [4.69, 9.17) is 11.6 Å². The molecule has 0 aliphatic carbocycles. The molecule has 0 aliphatic heterocycles. The second-order valence-corrected chi connectivity index (χ2v) is 4.27. The molecule has 0 aliphatic rings. The minimum absolute atomic E-state index is 0.184. The topological polar surface area (TPSA) is 42.0 Å². The van der Waals surface area contributed by atoms with Crippen LogP contribution in [0.3, 0.4) is 0 Å². The van der Waals surface area contributed by atoms with Gasteiger partial charge in [-0.05, 0) is 24.6 Å². The standard InChI is InChI=1S/C13H9ClF2N2O/c1-7-2-3-9(15)11(12(7)16)13(19)18-10-6-17-5-4-8(10)14/h2-6H,1H3,(H,18,19). The monoisotopic (exact) mass is 282 g/mol. The predicted molar refractivity (Wildman–Crippen MR) is 68.3 cm³/mol. The smallest absolute Gasteiger partial charge is 0.261 e. The lowest BCUT2D eigenvalue weighted by molar-refractivity contribution is 0.101. The summed E-state index contributed by atoms with van der Waals surface area (Å²) in [5.74, 6) is -2.73. The number of hydrogen-bond acceptors (Lipinski definition) is 2. The molecule has 0 unspecified atom stereocenters. The summed E-state index contributed by atoms with van der Waals surface area (Å²) in [5, 5.41) is 2.56. The van der Waals surface area contributed by atoms with Gasteiger partial charge in [0.2, 0.25) is 0 Å². The molecule has 0 saturated carbocycles. The molecule has 98 valence electrons. The largest absolute Gasteiger partial charge is 0.319 e. The van der Waals surface area contributed by atoms with Crippen molar-refractivity contribution in [2.75, 3.05) is 5.32 Å². The lowest BCUT2D eigenvalue weighted by Crippen LogP contribution is -2.17. The molecular weight excluding hydrogens is 274 g/mol. The van der Waals surface area contributed by atoms with Gasteiger partial charge in [-0.15, -0.1) is 0 Å². The Morgan fingerprint density at radius 3 is 2.74 bits per heavy atom. The van der Waals surface area contributed by atoms with Crippen LogP contribution in [0.25, 0.3) is 0 Å². The molecule has 1 amide bonds. The maximum Gasteiger partial charge on any atom is 0.261 e. The van der Waals surface area contributed by atoms with E-state index in [2.05, 4.69) is 10.3 Å². The maximum atomic E-state index is 13.8. The Balaban J connectivity index is 2.36. The molecule has 0 radical (unpaired) electrons. The molecule has 1 heterocycles. The first-order valence-corrected chi connectivity index (χ1v) is 5.74. The zero-order chi connectivity index (χ0) is 14.0. The van der Waals surface area contributed by atoms with E-state index in [1.165, 1.54) is 31.5 Å². The van der Waals surface area contributed by atoms with Crippen LogP contribution in [0.2, 0.25) is 5.02 Å². The number of hydrogen-bond donors (Lipinski definition) is 1. The van der Waals surface area contributed by atoms with Crippen molar-refractivity contribution in [2.24, 2.45) is 0 Å². The number of nitrogens with one attached hydrogen (secondary N) is 1. The minimum Gasteiger partial charge on any atom is -0.319 e. The van der Waals surface area contributed by atoms with Gasteiger partial charge in [-0.25, -0.2) is 8.78 Å². The number of amides is 1. The lowest BCUT2D eigenvalue weighted by atomic mass is 10.1. The number of pyridine rings is 1. The first-order chi connectivity index (χ1) is 9.00. The molecule has 0 fully saturated rings. The second-order valence-electron chi connectivity index (χ2n) is 3.86. The number of carbonyl (C=O) groups excluding carboxylic acids is 1. The number of carbonyl (C=O) groups is 1. The quantitative estimate of drug-likeness (QED) is 0.915. The van der Waals surface area contributed by atoms with Gasteiger partial charge >= 0.3 is 0 Å². The number of benzene rings is 1. The van der Waals surface area contributed by atoms with Gasteiger partial charge in [0.1, 0.15) is 17.2 Å². The average Bonchev–Trinajstić information content (AvgIpc) is 2.37. The first kappa shape index (κ1) is 13.4. The van der Waals surface area contributed by atoms with Crippen molar-refractivity contribution < 1.29 is 13.6 Å². The fourth-order valence-electron chi connectivity index (χ4n) is 1.52. The predicted octanol–water partition coefficient (Wildman–Crippen LogP) is 3.57. The highest BCUT2D eigenvalue weighted by molar-refractivity contribution is 6.33. The second kappa shape index (κ2) is 5.32. The van der Waals surface area contributed by atoms with Crippen molar-refractivity contribution >= 4 is 23.2 Å². The van der Waals surface area contributed by atoms with Gasteiger partial charge in [0.05, 0.1) is 16.9 Å². The zero-order valence-electron chi connectivity index (χ0n) is 9.88. The van der Waals surface area contributed by atoms with Gasteiger partial charge in [-0.2, -0.15) is 0 Å². The van der Waals surface area contributed by atoms with Crippen LogP contribution in [0.1, 0.15) is 15.9 Å². The van der Waals surface area contributed by atoms with Crippen LogP contribution in [-0.4, -0.2) is 10.9 Å². The first-order valence-electron chi connectivity index (χ1n) is 5.36. The third-order valence-corrected chi connectivity index (χ3v) is 2.86. The molecule has 0 bridgehead atoms. The summed E-state index contributed by atoms with van der Waals surface area (Å²) in [6.07, 6.45) is 2.73. The van der Waals surface area contributed by atoms with E-state index in [1.807, 2.05) is 0 Å². The summed E-state index contributed by atoms with van der Waals surface area (Å²) in [4.78, 5) is 15.7. The maximum absolute atomic E-state index is 13.8. The summed E-state index contributed by atoms with van der Waals surface area (Å²) in [5.41, 5.74) is -0.266. The molecule has 1 aromatic carbocycles. The van der Waals surface area contributed by atoms with Crippen molar-refractivity contribution in [3.8, 4) is 0 Å². The zero-order valence-corrected chi connectivity index (χ0v) is 10.6. The van der Waals surface area contributed by atoms with Crippen LogP contribution in [0.4, 0.5) is 14.5 Å². The summed E-state index contributed by atoms with van der Waals surface area (Å²) in [6.45, 7) is 1.45. The molecule has 2 aromatic rings. The Morgan fingerprint density at radius 2 is 2.05 bits per heavy atom. The van der Waals surface area contributed by atoms with Crippen LogP contribution in [-0.2, 0) is 0 Å². The Morgan fingerprint density at radius 1 is 1.32 bits per heavy atom. The van der Waals surface area contributed by atoms with Crippen LogP contribution in [0, 0.1) is 18.6 Å². The Bertz CT molecular complexity index is 647. The highest BCUT2D eigenvalue weighted by atomic mass is 35.5. The summed E-state index contributed by atoms with van der Waals surface area (Å²) < 4.78 is 27.3. The Hall–Kier alpha value is -2.01. The van der Waals surface area contributed by atoms with Gasteiger partial charge in [-0.1, -0.05) is 17.7 Å². The minimum atomic E-state index is -0.930. The van der Waals surface area contributed by atoms with Gasteiger partial charge in [0, 0.05) is 6.20 Å². The van der Waals surface area contributed by atoms with E-state index in [1.54, 1.807) is 0 Å². The van der Waals surface area contributed by atoms with Crippen molar-refractivity contribution in [3.63, 3.8) is 0 Å².